The second-order valence-electron chi connectivity index (χ2n) is 6.07. The summed E-state index contributed by atoms with van der Waals surface area (Å²) < 4.78 is 12.4. The number of amides is 1. The average molecular weight is 351 g/mol. The Morgan fingerprint density at radius 2 is 2.04 bits per heavy atom. The van der Waals surface area contributed by atoms with Crippen LogP contribution in [-0.2, 0) is 16.6 Å². The Morgan fingerprint density at radius 3 is 2.85 bits per heavy atom. The van der Waals surface area contributed by atoms with Crippen molar-refractivity contribution in [3.63, 3.8) is 0 Å². The Morgan fingerprint density at radius 1 is 1.23 bits per heavy atom. The molecule has 0 N–H and O–H groups in total. The zero-order chi connectivity index (χ0) is 18.3. The summed E-state index contributed by atoms with van der Waals surface area (Å²) >= 11 is 0. The van der Waals surface area contributed by atoms with Crippen LogP contribution in [-0.4, -0.2) is 41.2 Å². The highest BCUT2D eigenvalue weighted by Gasteiger charge is 2.34. The van der Waals surface area contributed by atoms with Crippen LogP contribution in [0.4, 0.5) is 5.69 Å². The molecule has 0 saturated heterocycles. The molecule has 0 aliphatic carbocycles. The number of rotatable bonds is 2. The molecule has 1 aliphatic heterocycles. The summed E-state index contributed by atoms with van der Waals surface area (Å²) in [6, 6.07) is 12.5. The van der Waals surface area contributed by atoms with Gasteiger partial charge in [-0.3, -0.25) is 4.79 Å². The molecule has 3 aromatic rings. The Labute approximate surface area is 149 Å². The number of hydrogen-bond acceptors (Lipinski definition) is 5. The highest BCUT2D eigenvalue weighted by molar-refractivity contribution is 6.09. The Balaban J connectivity index is 1.74. The SMILES string of the molecule is COC(=O)[C@H]1CN(C(=O)c2ccc3c(c2)ncn3C)c2ccccc2O1. The molecular weight excluding hydrogens is 334 g/mol. The molecule has 0 radical (unpaired) electrons. The minimum absolute atomic E-state index is 0.0861. The predicted molar refractivity (Wildman–Crippen MR) is 95.3 cm³/mol. The van der Waals surface area contributed by atoms with E-state index in [-0.39, 0.29) is 12.5 Å². The van der Waals surface area contributed by atoms with Gasteiger partial charge in [0.05, 0.1) is 36.7 Å². The normalized spacial score (nSPS) is 16.1. The Kier molecular flexibility index (Phi) is 3.84. The van der Waals surface area contributed by atoms with Crippen LogP contribution in [0.5, 0.6) is 5.75 Å². The molecule has 7 nitrogen and oxygen atoms in total. The zero-order valence-corrected chi connectivity index (χ0v) is 14.4. The minimum atomic E-state index is -0.863. The molecule has 4 rings (SSSR count). The molecule has 0 saturated carbocycles. The van der Waals surface area contributed by atoms with Gasteiger partial charge in [0.1, 0.15) is 5.75 Å². The van der Waals surface area contributed by atoms with Gasteiger partial charge in [-0.15, -0.1) is 0 Å². The summed E-state index contributed by atoms with van der Waals surface area (Å²) in [4.78, 5) is 31.0. The van der Waals surface area contributed by atoms with Crippen molar-refractivity contribution in [1.82, 2.24) is 9.55 Å². The fourth-order valence-electron chi connectivity index (χ4n) is 3.11. The first-order chi connectivity index (χ1) is 12.6. The molecule has 0 unspecified atom stereocenters. The molecule has 1 aliphatic rings. The molecule has 132 valence electrons. The predicted octanol–water partition coefficient (Wildman–Crippen LogP) is 2.15. The van der Waals surface area contributed by atoms with Crippen LogP contribution >= 0.6 is 0 Å². The van der Waals surface area contributed by atoms with E-state index in [0.29, 0.717) is 17.0 Å². The Hall–Kier alpha value is -3.35. The van der Waals surface area contributed by atoms with Gasteiger partial charge in [0.15, 0.2) is 0 Å². The molecular formula is C19H17N3O4. The second-order valence-corrected chi connectivity index (χ2v) is 6.07. The maximum Gasteiger partial charge on any atom is 0.348 e. The van der Waals surface area contributed by atoms with E-state index in [1.54, 1.807) is 41.6 Å². The number of benzene rings is 2. The highest BCUT2D eigenvalue weighted by atomic mass is 16.6. The smallest absolute Gasteiger partial charge is 0.348 e. The van der Waals surface area contributed by atoms with Crippen molar-refractivity contribution < 1.29 is 19.1 Å². The number of fused-ring (bicyclic) bond motifs is 2. The van der Waals surface area contributed by atoms with Crippen molar-refractivity contribution in [1.29, 1.82) is 0 Å². The van der Waals surface area contributed by atoms with Crippen molar-refractivity contribution in [2.24, 2.45) is 7.05 Å². The van der Waals surface area contributed by atoms with E-state index in [1.165, 1.54) is 7.11 Å². The summed E-state index contributed by atoms with van der Waals surface area (Å²) in [7, 11) is 3.20. The lowest BCUT2D eigenvalue weighted by molar-refractivity contribution is -0.148. The molecule has 26 heavy (non-hydrogen) atoms. The van der Waals surface area contributed by atoms with Crippen LogP contribution in [0.25, 0.3) is 11.0 Å². The van der Waals surface area contributed by atoms with Crippen molar-refractivity contribution in [2.45, 2.75) is 6.10 Å². The van der Waals surface area contributed by atoms with E-state index in [2.05, 4.69) is 4.98 Å². The number of anilines is 1. The van der Waals surface area contributed by atoms with Crippen molar-refractivity contribution >= 4 is 28.6 Å². The molecule has 1 atom stereocenters. The van der Waals surface area contributed by atoms with Crippen LogP contribution < -0.4 is 9.64 Å². The van der Waals surface area contributed by atoms with Gasteiger partial charge < -0.3 is 18.9 Å². The first kappa shape index (κ1) is 16.1. The number of ether oxygens (including phenoxy) is 2. The number of imidazole rings is 1. The first-order valence-corrected chi connectivity index (χ1v) is 8.15. The minimum Gasteiger partial charge on any atom is -0.475 e. The fourth-order valence-corrected chi connectivity index (χ4v) is 3.11. The van der Waals surface area contributed by atoms with Gasteiger partial charge in [-0.2, -0.15) is 0 Å². The van der Waals surface area contributed by atoms with Crippen LogP contribution in [0, 0.1) is 0 Å². The number of para-hydroxylation sites is 2. The largest absolute Gasteiger partial charge is 0.475 e. The number of nitrogens with zero attached hydrogens (tertiary/aromatic N) is 3. The third kappa shape index (κ3) is 2.57. The number of carbonyl (C=O) groups is 2. The lowest BCUT2D eigenvalue weighted by atomic mass is 10.1. The summed E-state index contributed by atoms with van der Waals surface area (Å²) in [5.41, 5.74) is 2.80. The molecule has 2 aromatic carbocycles. The van der Waals surface area contributed by atoms with Gasteiger partial charge in [-0.25, -0.2) is 9.78 Å². The maximum absolute atomic E-state index is 13.2. The zero-order valence-electron chi connectivity index (χ0n) is 14.4. The monoisotopic (exact) mass is 351 g/mol. The van der Waals surface area contributed by atoms with E-state index in [9.17, 15) is 9.59 Å². The number of carbonyl (C=O) groups excluding carboxylic acids is 2. The number of aromatic nitrogens is 2. The van der Waals surface area contributed by atoms with Crippen LogP contribution in [0.3, 0.4) is 0 Å². The van der Waals surface area contributed by atoms with Crippen LogP contribution in [0.15, 0.2) is 48.8 Å². The molecule has 0 spiro atoms. The molecule has 0 fully saturated rings. The number of methoxy groups -OCH3 is 1. The van der Waals surface area contributed by atoms with Gasteiger partial charge in [-0.1, -0.05) is 12.1 Å². The molecule has 1 aromatic heterocycles. The standard InChI is InChI=1S/C19H17N3O4/c1-21-11-20-13-9-12(7-8-14(13)21)18(23)22-10-17(19(24)25-2)26-16-6-4-3-5-15(16)22/h3-9,11,17H,10H2,1-2H3/t17-/m1/s1. The van der Waals surface area contributed by atoms with Gasteiger partial charge in [0, 0.05) is 12.6 Å². The fraction of sp³-hybridized carbons (Fsp3) is 0.211. The maximum atomic E-state index is 13.2. The second kappa shape index (κ2) is 6.18. The summed E-state index contributed by atoms with van der Waals surface area (Å²) in [6.45, 7) is 0.0861. The summed E-state index contributed by atoms with van der Waals surface area (Å²) in [5.74, 6) is -0.263. The third-order valence-electron chi connectivity index (χ3n) is 4.46. The molecule has 0 bridgehead atoms. The molecule has 1 amide bonds. The third-order valence-corrected chi connectivity index (χ3v) is 4.46. The molecule has 2 heterocycles. The first-order valence-electron chi connectivity index (χ1n) is 8.15. The van der Waals surface area contributed by atoms with E-state index >= 15 is 0 Å². The summed E-state index contributed by atoms with van der Waals surface area (Å²) in [6.07, 6.45) is 0.841. The average Bonchev–Trinajstić information content (AvgIpc) is 3.06. The van der Waals surface area contributed by atoms with Crippen molar-refractivity contribution in [3.8, 4) is 5.75 Å². The van der Waals surface area contributed by atoms with E-state index in [4.69, 9.17) is 9.47 Å². The lowest BCUT2D eigenvalue weighted by Crippen LogP contribution is -2.47. The van der Waals surface area contributed by atoms with Crippen LogP contribution in [0.1, 0.15) is 10.4 Å². The number of esters is 1. The van der Waals surface area contributed by atoms with Gasteiger partial charge in [0.2, 0.25) is 6.10 Å². The van der Waals surface area contributed by atoms with E-state index < -0.39 is 12.1 Å². The summed E-state index contributed by atoms with van der Waals surface area (Å²) in [5, 5.41) is 0. The van der Waals surface area contributed by atoms with E-state index in [1.807, 2.05) is 23.7 Å². The lowest BCUT2D eigenvalue weighted by Gasteiger charge is -2.33. The topological polar surface area (TPSA) is 73.7 Å². The van der Waals surface area contributed by atoms with Gasteiger partial charge in [0.25, 0.3) is 5.91 Å². The van der Waals surface area contributed by atoms with Crippen molar-refractivity contribution in [3.05, 3.63) is 54.4 Å². The molecule has 7 heteroatoms. The Bertz CT molecular complexity index is 1010. The number of aryl methyl sites for hydroxylation is 1. The highest BCUT2D eigenvalue weighted by Crippen LogP contribution is 2.34. The van der Waals surface area contributed by atoms with Gasteiger partial charge in [-0.05, 0) is 30.3 Å². The van der Waals surface area contributed by atoms with Gasteiger partial charge >= 0.3 is 5.97 Å². The van der Waals surface area contributed by atoms with Crippen LogP contribution in [0.2, 0.25) is 0 Å². The van der Waals surface area contributed by atoms with Crippen molar-refractivity contribution in [2.75, 3.05) is 18.6 Å². The number of hydrogen-bond donors (Lipinski definition) is 0. The van der Waals surface area contributed by atoms with E-state index in [0.717, 1.165) is 11.0 Å². The quantitative estimate of drug-likeness (QED) is 0.662.